The van der Waals surface area contributed by atoms with E-state index >= 15 is 0 Å². The first-order chi connectivity index (χ1) is 16.9. The van der Waals surface area contributed by atoms with Crippen molar-refractivity contribution in [3.05, 3.63) is 89.5 Å². The first-order valence-electron chi connectivity index (χ1n) is 10.7. The van der Waals surface area contributed by atoms with Crippen molar-refractivity contribution in [1.82, 2.24) is 19.7 Å². The van der Waals surface area contributed by atoms with Crippen molar-refractivity contribution >= 4 is 12.0 Å². The Kier molecular flexibility index (Phi) is 6.65. The van der Waals surface area contributed by atoms with Crippen molar-refractivity contribution in [3.63, 3.8) is 0 Å². The van der Waals surface area contributed by atoms with Gasteiger partial charge in [0.1, 0.15) is 25.0 Å². The Hall–Kier alpha value is -3.67. The molecule has 0 bridgehead atoms. The number of halogens is 6. The third kappa shape index (κ3) is 5.13. The van der Waals surface area contributed by atoms with Gasteiger partial charge in [0.05, 0.1) is 23.7 Å². The number of alkyl halides is 6. The van der Waals surface area contributed by atoms with Crippen LogP contribution in [0.2, 0.25) is 0 Å². The molecule has 0 unspecified atom stereocenters. The van der Waals surface area contributed by atoms with E-state index in [1.807, 2.05) is 0 Å². The van der Waals surface area contributed by atoms with E-state index in [-0.39, 0.29) is 13.3 Å². The number of amides is 1. The smallest absolute Gasteiger partial charge is 0.346 e. The summed E-state index contributed by atoms with van der Waals surface area (Å²) in [4.78, 5) is 18.2. The first-order valence-corrected chi connectivity index (χ1v) is 10.7. The van der Waals surface area contributed by atoms with Crippen LogP contribution in [0, 0.1) is 0 Å². The Balaban J connectivity index is 1.58. The fourth-order valence-electron chi connectivity index (χ4n) is 4.06. The third-order valence-corrected chi connectivity index (χ3v) is 6.11. The summed E-state index contributed by atoms with van der Waals surface area (Å²) in [5.41, 5.74) is -2.04. The highest BCUT2D eigenvalue weighted by molar-refractivity contribution is 5.92. The van der Waals surface area contributed by atoms with Crippen LogP contribution in [0.15, 0.2) is 67.3 Å². The summed E-state index contributed by atoms with van der Waals surface area (Å²) in [6.07, 6.45) is -3.66. The van der Waals surface area contributed by atoms with Crippen LogP contribution in [0.25, 0.3) is 6.08 Å². The summed E-state index contributed by atoms with van der Waals surface area (Å²) in [5, 5.41) is 4.06. The van der Waals surface area contributed by atoms with E-state index in [4.69, 9.17) is 4.74 Å². The van der Waals surface area contributed by atoms with E-state index in [0.717, 1.165) is 24.3 Å². The average molecular weight is 510 g/mol. The van der Waals surface area contributed by atoms with Crippen LogP contribution in [0.5, 0.6) is 0 Å². The molecule has 2 heterocycles. The molecule has 2 aromatic carbocycles. The number of carbonyl (C=O) groups excluding carboxylic acids is 1. The first kappa shape index (κ1) is 25.4. The van der Waals surface area contributed by atoms with Crippen molar-refractivity contribution in [1.29, 1.82) is 0 Å². The number of rotatable bonds is 5. The zero-order valence-electron chi connectivity index (χ0n) is 18.8. The van der Waals surface area contributed by atoms with Crippen LogP contribution in [-0.2, 0) is 34.0 Å². The zero-order chi connectivity index (χ0) is 26.1. The van der Waals surface area contributed by atoms with Gasteiger partial charge in [-0.25, -0.2) is 9.67 Å². The van der Waals surface area contributed by atoms with Crippen LogP contribution >= 0.6 is 0 Å². The summed E-state index contributed by atoms with van der Waals surface area (Å²) >= 11 is 0. The maximum absolute atomic E-state index is 13.1. The van der Waals surface area contributed by atoms with Crippen molar-refractivity contribution in [2.75, 3.05) is 6.73 Å². The monoisotopic (exact) mass is 510 g/mol. The van der Waals surface area contributed by atoms with E-state index in [1.165, 1.54) is 58.7 Å². The van der Waals surface area contributed by atoms with E-state index in [9.17, 15) is 31.1 Å². The minimum absolute atomic E-state index is 0.0753. The molecule has 0 aliphatic carbocycles. The number of benzene rings is 2. The van der Waals surface area contributed by atoms with E-state index < -0.39 is 41.0 Å². The molecule has 1 amide bonds. The van der Waals surface area contributed by atoms with E-state index in [0.29, 0.717) is 11.1 Å². The number of hydrogen-bond acceptors (Lipinski definition) is 4. The minimum Gasteiger partial charge on any atom is -0.346 e. The SMILES string of the molecule is C[C@H]1N(C(=O)/C=C/c2ccc(C(F)(F)F)cc2)CO[C@@]1(Cn1cncn1)c1ccc(C(F)(F)F)cc1. The molecular weight excluding hydrogens is 490 g/mol. The van der Waals surface area contributed by atoms with Gasteiger partial charge in [0.15, 0.2) is 0 Å². The van der Waals surface area contributed by atoms with Gasteiger partial charge in [0.2, 0.25) is 5.91 Å². The lowest BCUT2D eigenvalue weighted by molar-refractivity contribution is -0.138. The fourth-order valence-corrected chi connectivity index (χ4v) is 4.06. The topological polar surface area (TPSA) is 60.2 Å². The third-order valence-electron chi connectivity index (χ3n) is 6.11. The molecule has 1 aromatic heterocycles. The lowest BCUT2D eigenvalue weighted by Crippen LogP contribution is -2.45. The molecule has 12 heteroatoms. The molecule has 2 atom stereocenters. The van der Waals surface area contributed by atoms with Crippen LogP contribution < -0.4 is 0 Å². The maximum atomic E-state index is 13.1. The molecule has 0 radical (unpaired) electrons. The molecule has 36 heavy (non-hydrogen) atoms. The molecule has 1 aliphatic rings. The second-order valence-corrected chi connectivity index (χ2v) is 8.27. The molecule has 190 valence electrons. The molecule has 0 N–H and O–H groups in total. The summed E-state index contributed by atoms with van der Waals surface area (Å²) in [6, 6.07) is 8.20. The fraction of sp³-hybridized carbons (Fsp3) is 0.292. The summed E-state index contributed by atoms with van der Waals surface area (Å²) in [6.45, 7) is 1.62. The van der Waals surface area contributed by atoms with Gasteiger partial charge >= 0.3 is 12.4 Å². The normalized spacial score (nSPS) is 20.9. The largest absolute Gasteiger partial charge is 0.416 e. The van der Waals surface area contributed by atoms with Crippen LogP contribution in [0.3, 0.4) is 0 Å². The van der Waals surface area contributed by atoms with Gasteiger partial charge in [-0.3, -0.25) is 4.79 Å². The summed E-state index contributed by atoms with van der Waals surface area (Å²) in [5.74, 6) is -0.477. The second kappa shape index (κ2) is 9.41. The van der Waals surface area contributed by atoms with Crippen LogP contribution in [-0.4, -0.2) is 38.3 Å². The summed E-state index contributed by atoms with van der Waals surface area (Å²) < 4.78 is 85.0. The Morgan fingerprint density at radius 3 is 2.14 bits per heavy atom. The minimum atomic E-state index is -4.51. The number of hydrogen-bond donors (Lipinski definition) is 0. The molecule has 0 saturated carbocycles. The number of aromatic nitrogens is 3. The molecule has 1 fully saturated rings. The Morgan fingerprint density at radius 2 is 1.61 bits per heavy atom. The summed E-state index contributed by atoms with van der Waals surface area (Å²) in [7, 11) is 0. The Morgan fingerprint density at radius 1 is 1.03 bits per heavy atom. The number of nitrogens with zero attached hydrogens (tertiary/aromatic N) is 4. The van der Waals surface area contributed by atoms with Gasteiger partial charge in [-0.1, -0.05) is 24.3 Å². The highest BCUT2D eigenvalue weighted by atomic mass is 19.4. The van der Waals surface area contributed by atoms with Crippen molar-refractivity contribution in [2.24, 2.45) is 0 Å². The van der Waals surface area contributed by atoms with Crippen molar-refractivity contribution < 1.29 is 35.9 Å². The molecule has 0 spiro atoms. The van der Waals surface area contributed by atoms with Crippen molar-refractivity contribution in [2.45, 2.75) is 37.5 Å². The van der Waals surface area contributed by atoms with E-state index in [2.05, 4.69) is 10.1 Å². The van der Waals surface area contributed by atoms with Gasteiger partial charge in [-0.2, -0.15) is 31.4 Å². The molecular formula is C24H20F6N4O2. The maximum Gasteiger partial charge on any atom is 0.416 e. The molecule has 1 aliphatic heterocycles. The number of ether oxygens (including phenoxy) is 1. The highest BCUT2D eigenvalue weighted by Gasteiger charge is 2.50. The molecule has 1 saturated heterocycles. The van der Waals surface area contributed by atoms with E-state index in [1.54, 1.807) is 6.92 Å². The lowest BCUT2D eigenvalue weighted by Gasteiger charge is -2.34. The highest BCUT2D eigenvalue weighted by Crippen LogP contribution is 2.41. The lowest BCUT2D eigenvalue weighted by atomic mass is 9.86. The Bertz CT molecular complexity index is 1220. The van der Waals surface area contributed by atoms with Crippen LogP contribution in [0.1, 0.15) is 29.2 Å². The molecule has 3 aromatic rings. The predicted molar refractivity (Wildman–Crippen MR) is 116 cm³/mol. The Labute approximate surface area is 201 Å². The van der Waals surface area contributed by atoms with Gasteiger partial charge in [0, 0.05) is 6.08 Å². The quantitative estimate of drug-likeness (QED) is 0.353. The van der Waals surface area contributed by atoms with Gasteiger partial charge in [-0.15, -0.1) is 0 Å². The number of carbonyl (C=O) groups is 1. The van der Waals surface area contributed by atoms with Crippen molar-refractivity contribution in [3.8, 4) is 0 Å². The standard InChI is InChI=1S/C24H20F6N4O2/c1-16-22(12-33-14-31-13-32-33,18-7-9-20(10-8-18)24(28,29)30)36-15-34(16)21(35)11-4-17-2-5-19(6-3-17)23(25,26)27/h2-11,13-14,16H,12,15H2,1H3/b11-4+/t16-,22-/m1/s1. The molecule has 4 rings (SSSR count). The van der Waals surface area contributed by atoms with Crippen LogP contribution in [0.4, 0.5) is 26.3 Å². The second-order valence-electron chi connectivity index (χ2n) is 8.27. The zero-order valence-corrected chi connectivity index (χ0v) is 18.8. The average Bonchev–Trinajstić information content (AvgIpc) is 3.45. The molecule has 6 nitrogen and oxygen atoms in total. The van der Waals surface area contributed by atoms with Gasteiger partial charge < -0.3 is 9.64 Å². The van der Waals surface area contributed by atoms with Gasteiger partial charge in [0.25, 0.3) is 0 Å². The van der Waals surface area contributed by atoms with Gasteiger partial charge in [-0.05, 0) is 48.4 Å². The predicted octanol–water partition coefficient (Wildman–Crippen LogP) is 5.13.